The molecule has 1 aliphatic rings. The number of carbonyl (C=O) groups excluding carboxylic acids is 2. The fraction of sp³-hybridized carbons (Fsp3) is 0.300. The number of ketones is 1. The molecule has 134 valence electrons. The summed E-state index contributed by atoms with van der Waals surface area (Å²) < 4.78 is 5.28. The Morgan fingerprint density at radius 3 is 2.62 bits per heavy atom. The predicted octanol–water partition coefficient (Wildman–Crippen LogP) is 3.82. The van der Waals surface area contributed by atoms with Crippen LogP contribution in [0.3, 0.4) is 0 Å². The Hall–Kier alpha value is -3.02. The molecule has 26 heavy (non-hydrogen) atoms. The first kappa shape index (κ1) is 17.8. The molecule has 0 saturated heterocycles. The maximum absolute atomic E-state index is 12.6. The van der Waals surface area contributed by atoms with Crippen LogP contribution in [0.2, 0.25) is 0 Å². The number of rotatable bonds is 5. The topological polar surface area (TPSA) is 86.5 Å². The van der Waals surface area contributed by atoms with Gasteiger partial charge in [-0.3, -0.25) is 14.9 Å². The van der Waals surface area contributed by atoms with Gasteiger partial charge in [0.25, 0.3) is 5.69 Å². The minimum absolute atomic E-state index is 0.0906. The van der Waals surface area contributed by atoms with Crippen molar-refractivity contribution in [2.45, 2.75) is 39.2 Å². The zero-order chi connectivity index (χ0) is 18.8. The Morgan fingerprint density at radius 2 is 1.88 bits per heavy atom. The van der Waals surface area contributed by atoms with Crippen LogP contribution < -0.4 is 0 Å². The van der Waals surface area contributed by atoms with E-state index in [9.17, 15) is 19.7 Å². The zero-order valence-electron chi connectivity index (χ0n) is 14.7. The number of hydrogen-bond donors (Lipinski definition) is 0. The van der Waals surface area contributed by atoms with Gasteiger partial charge in [-0.05, 0) is 56.4 Å². The van der Waals surface area contributed by atoms with E-state index in [4.69, 9.17) is 4.74 Å². The molecule has 3 rings (SSSR count). The number of esters is 1. The second-order valence-electron chi connectivity index (χ2n) is 6.46. The third-order valence-corrected chi connectivity index (χ3v) is 4.76. The highest BCUT2D eigenvalue weighted by molar-refractivity contribution is 6.02. The molecule has 2 aromatic rings. The normalized spacial score (nSPS) is 13.8. The molecule has 1 aliphatic carbocycles. The number of hydrogen-bond acceptors (Lipinski definition) is 5. The molecule has 1 atom stereocenters. The summed E-state index contributed by atoms with van der Waals surface area (Å²) in [7, 11) is 0. The number of benzene rings is 2. The number of aryl methyl sites for hydroxylation is 2. The average molecular weight is 353 g/mol. The van der Waals surface area contributed by atoms with E-state index in [1.165, 1.54) is 43.2 Å². The Balaban J connectivity index is 1.76. The molecule has 0 radical (unpaired) electrons. The largest absolute Gasteiger partial charge is 0.451 e. The number of Topliss-reactive ketones (excluding diaryl/α,β-unsaturated/α-hetero) is 1. The number of nitro groups is 1. The van der Waals surface area contributed by atoms with Crippen LogP contribution in [0.4, 0.5) is 5.69 Å². The van der Waals surface area contributed by atoms with Gasteiger partial charge in [-0.2, -0.15) is 0 Å². The van der Waals surface area contributed by atoms with E-state index in [0.717, 1.165) is 19.3 Å². The smallest absolute Gasteiger partial charge is 0.339 e. The first-order valence-electron chi connectivity index (χ1n) is 8.49. The molecule has 0 amide bonds. The quantitative estimate of drug-likeness (QED) is 0.353. The van der Waals surface area contributed by atoms with Gasteiger partial charge in [0.2, 0.25) is 5.78 Å². The fourth-order valence-corrected chi connectivity index (χ4v) is 3.28. The summed E-state index contributed by atoms with van der Waals surface area (Å²) in [6.07, 6.45) is 2.10. The van der Waals surface area contributed by atoms with Gasteiger partial charge >= 0.3 is 5.97 Å². The van der Waals surface area contributed by atoms with Crippen molar-refractivity contribution in [1.82, 2.24) is 0 Å². The summed E-state index contributed by atoms with van der Waals surface area (Å²) in [6, 6.07) is 9.79. The fourth-order valence-electron chi connectivity index (χ4n) is 3.28. The summed E-state index contributed by atoms with van der Waals surface area (Å²) in [5.41, 5.74) is 3.11. The van der Waals surface area contributed by atoms with E-state index >= 15 is 0 Å². The van der Waals surface area contributed by atoms with Crippen molar-refractivity contribution in [3.63, 3.8) is 0 Å². The maximum Gasteiger partial charge on any atom is 0.339 e. The first-order valence-corrected chi connectivity index (χ1v) is 8.49. The van der Waals surface area contributed by atoms with Crippen LogP contribution in [0, 0.1) is 17.0 Å². The minimum Gasteiger partial charge on any atom is -0.451 e. The van der Waals surface area contributed by atoms with E-state index in [0.29, 0.717) is 5.56 Å². The van der Waals surface area contributed by atoms with Crippen molar-refractivity contribution in [1.29, 1.82) is 0 Å². The highest BCUT2D eigenvalue weighted by Crippen LogP contribution is 2.25. The van der Waals surface area contributed by atoms with E-state index in [1.54, 1.807) is 6.07 Å². The molecule has 6 nitrogen and oxygen atoms in total. The van der Waals surface area contributed by atoms with Crippen molar-refractivity contribution in [3.05, 3.63) is 74.3 Å². The molecule has 0 bridgehead atoms. The lowest BCUT2D eigenvalue weighted by Crippen LogP contribution is -2.25. The van der Waals surface area contributed by atoms with Crippen LogP contribution in [0.25, 0.3) is 0 Å². The molecule has 2 aromatic carbocycles. The van der Waals surface area contributed by atoms with Crippen molar-refractivity contribution in [2.24, 2.45) is 0 Å². The lowest BCUT2D eigenvalue weighted by molar-refractivity contribution is -0.385. The van der Waals surface area contributed by atoms with Crippen molar-refractivity contribution in [3.8, 4) is 0 Å². The average Bonchev–Trinajstić information content (AvgIpc) is 3.08. The lowest BCUT2D eigenvalue weighted by atomic mass is 10.0. The third-order valence-electron chi connectivity index (χ3n) is 4.76. The molecule has 0 aliphatic heterocycles. The lowest BCUT2D eigenvalue weighted by Gasteiger charge is -2.14. The first-order chi connectivity index (χ1) is 12.4. The standard InChI is InChI=1S/C20H19NO5/c1-12-17(7-4-8-18(12)21(24)25)20(23)26-13(2)19(22)16-10-9-14-5-3-6-15(14)11-16/h4,7-11,13H,3,5-6H2,1-2H3/t13-/m1/s1. The SMILES string of the molecule is Cc1c(C(=O)O[C@H](C)C(=O)c2ccc3c(c2)CCC3)cccc1[N+](=O)[O-]. The van der Waals surface area contributed by atoms with Crippen molar-refractivity contribution < 1.29 is 19.2 Å². The number of nitrogens with zero attached hydrogens (tertiary/aromatic N) is 1. The Kier molecular flexibility index (Phi) is 4.84. The van der Waals surface area contributed by atoms with Gasteiger partial charge in [0.1, 0.15) is 0 Å². The summed E-state index contributed by atoms with van der Waals surface area (Å²) in [4.78, 5) is 35.4. The van der Waals surface area contributed by atoms with E-state index in [1.807, 2.05) is 12.1 Å². The molecule has 0 N–H and O–H groups in total. The van der Waals surface area contributed by atoms with Crippen LogP contribution in [0.15, 0.2) is 36.4 Å². The predicted molar refractivity (Wildman–Crippen MR) is 95.5 cm³/mol. The van der Waals surface area contributed by atoms with Gasteiger partial charge in [-0.15, -0.1) is 0 Å². The van der Waals surface area contributed by atoms with Crippen molar-refractivity contribution in [2.75, 3.05) is 0 Å². The van der Waals surface area contributed by atoms with Gasteiger partial charge in [-0.1, -0.05) is 18.2 Å². The van der Waals surface area contributed by atoms with E-state index in [-0.39, 0.29) is 22.6 Å². The number of fused-ring (bicyclic) bond motifs is 1. The third kappa shape index (κ3) is 3.35. The molecule has 0 fully saturated rings. The molecule has 0 saturated carbocycles. The second kappa shape index (κ2) is 7.07. The van der Waals surface area contributed by atoms with Crippen molar-refractivity contribution >= 4 is 17.4 Å². The number of carbonyl (C=O) groups is 2. The minimum atomic E-state index is -0.972. The van der Waals surface area contributed by atoms with Crippen LogP contribution in [-0.2, 0) is 17.6 Å². The summed E-state index contributed by atoms with van der Waals surface area (Å²) in [5, 5.41) is 11.0. The van der Waals surface area contributed by atoms with Crippen LogP contribution in [0.1, 0.15) is 50.8 Å². The van der Waals surface area contributed by atoms with Crippen LogP contribution >= 0.6 is 0 Å². The van der Waals surface area contributed by atoms with Crippen LogP contribution in [0.5, 0.6) is 0 Å². The summed E-state index contributed by atoms with van der Waals surface area (Å²) in [5.74, 6) is -1.02. The van der Waals surface area contributed by atoms with Gasteiger partial charge < -0.3 is 4.74 Å². The highest BCUT2D eigenvalue weighted by atomic mass is 16.6. The Labute approximate surface area is 150 Å². The molecule has 0 unspecified atom stereocenters. The van der Waals surface area contributed by atoms with E-state index < -0.39 is 17.0 Å². The van der Waals surface area contributed by atoms with Gasteiger partial charge in [0, 0.05) is 17.2 Å². The van der Waals surface area contributed by atoms with Gasteiger partial charge in [-0.25, -0.2) is 4.79 Å². The number of ether oxygens (including phenoxy) is 1. The molecule has 6 heteroatoms. The molecular formula is C20H19NO5. The van der Waals surface area contributed by atoms with Gasteiger partial charge in [0.05, 0.1) is 10.5 Å². The number of nitro benzene ring substituents is 1. The second-order valence-corrected chi connectivity index (χ2v) is 6.46. The Morgan fingerprint density at radius 1 is 1.15 bits per heavy atom. The molecule has 0 spiro atoms. The summed E-state index contributed by atoms with van der Waals surface area (Å²) >= 11 is 0. The molecular weight excluding hydrogens is 334 g/mol. The summed E-state index contributed by atoms with van der Waals surface area (Å²) in [6.45, 7) is 3.00. The maximum atomic E-state index is 12.6. The highest BCUT2D eigenvalue weighted by Gasteiger charge is 2.25. The molecule has 0 heterocycles. The van der Waals surface area contributed by atoms with Crippen LogP contribution in [-0.4, -0.2) is 22.8 Å². The molecule has 0 aromatic heterocycles. The zero-order valence-corrected chi connectivity index (χ0v) is 14.7. The monoisotopic (exact) mass is 353 g/mol. The Bertz CT molecular complexity index is 903. The van der Waals surface area contributed by atoms with Gasteiger partial charge in [0.15, 0.2) is 6.10 Å². The van der Waals surface area contributed by atoms with E-state index in [2.05, 4.69) is 0 Å².